The van der Waals surface area contributed by atoms with Crippen molar-refractivity contribution in [1.82, 2.24) is 9.80 Å². The molecule has 0 unspecified atom stereocenters. The Balaban J connectivity index is 1.99. The van der Waals surface area contributed by atoms with E-state index in [1.54, 1.807) is 0 Å². The number of benzene rings is 1. The fraction of sp³-hybridized carbons (Fsp3) is 0.579. The average Bonchev–Trinajstić information content (AvgIpc) is 2.91. The van der Waals surface area contributed by atoms with Gasteiger partial charge in [0.15, 0.2) is 0 Å². The van der Waals surface area contributed by atoms with Crippen LogP contribution >= 0.6 is 0 Å². The van der Waals surface area contributed by atoms with Crippen molar-refractivity contribution in [1.29, 1.82) is 0 Å². The molecule has 1 aliphatic heterocycles. The van der Waals surface area contributed by atoms with Gasteiger partial charge in [-0.3, -0.25) is 4.90 Å². The van der Waals surface area contributed by atoms with Gasteiger partial charge in [-0.2, -0.15) is 0 Å². The van der Waals surface area contributed by atoms with Crippen molar-refractivity contribution in [2.45, 2.75) is 26.4 Å². The third-order valence-electron chi connectivity index (χ3n) is 4.60. The normalized spacial score (nSPS) is 22.1. The first-order valence-electron chi connectivity index (χ1n) is 8.08. The first kappa shape index (κ1) is 17.0. The maximum absolute atomic E-state index is 8.73. The molecule has 0 saturated carbocycles. The van der Waals surface area contributed by atoms with Gasteiger partial charge in [0.05, 0.1) is 0 Å². The Labute approximate surface area is 134 Å². The summed E-state index contributed by atoms with van der Waals surface area (Å²) in [5.41, 5.74) is 2.29. The van der Waals surface area contributed by atoms with Crippen molar-refractivity contribution in [3.63, 3.8) is 0 Å². The van der Waals surface area contributed by atoms with E-state index in [1.807, 2.05) is 12.1 Å². The van der Waals surface area contributed by atoms with Gasteiger partial charge in [0.2, 0.25) is 0 Å². The fourth-order valence-corrected chi connectivity index (χ4v) is 3.32. The minimum Gasteiger partial charge on any atom is -0.384 e. The van der Waals surface area contributed by atoms with Crippen LogP contribution in [-0.4, -0.2) is 54.7 Å². The lowest BCUT2D eigenvalue weighted by atomic mass is 9.91. The zero-order valence-electron chi connectivity index (χ0n) is 14.2. The summed E-state index contributed by atoms with van der Waals surface area (Å²) in [6.07, 6.45) is 0. The van der Waals surface area contributed by atoms with E-state index in [-0.39, 0.29) is 6.61 Å². The molecule has 2 rings (SSSR count). The van der Waals surface area contributed by atoms with Crippen LogP contribution in [-0.2, 0) is 6.54 Å². The van der Waals surface area contributed by atoms with Crippen LogP contribution in [0.25, 0.3) is 0 Å². The van der Waals surface area contributed by atoms with Crippen LogP contribution in [0.4, 0.5) is 0 Å². The lowest BCUT2D eigenvalue weighted by Crippen LogP contribution is -2.37. The molecule has 0 spiro atoms. The van der Waals surface area contributed by atoms with Crippen molar-refractivity contribution < 1.29 is 5.11 Å². The molecule has 1 aliphatic rings. The molecule has 2 atom stereocenters. The molecular formula is C19H28N2O. The molecule has 0 bridgehead atoms. The second-order valence-corrected chi connectivity index (χ2v) is 6.79. The molecule has 120 valence electrons. The summed E-state index contributed by atoms with van der Waals surface area (Å²) >= 11 is 0. The first-order chi connectivity index (χ1) is 10.5. The number of aliphatic hydroxyl groups is 1. The lowest BCUT2D eigenvalue weighted by Gasteiger charge is -2.27. The van der Waals surface area contributed by atoms with Gasteiger partial charge in [-0.05, 0) is 43.6 Å². The van der Waals surface area contributed by atoms with Crippen LogP contribution in [0.1, 0.15) is 25.0 Å². The highest BCUT2D eigenvalue weighted by molar-refractivity contribution is 5.36. The van der Waals surface area contributed by atoms with Crippen molar-refractivity contribution in [2.24, 2.45) is 11.8 Å². The van der Waals surface area contributed by atoms with Gasteiger partial charge in [0.1, 0.15) is 6.61 Å². The van der Waals surface area contributed by atoms with E-state index < -0.39 is 0 Å². The first-order valence-corrected chi connectivity index (χ1v) is 8.08. The van der Waals surface area contributed by atoms with Gasteiger partial charge in [-0.1, -0.05) is 37.8 Å². The minimum atomic E-state index is -0.0853. The number of likely N-dealkylation sites (N-methyl/N-ethyl adjacent to an activating group) is 1. The summed E-state index contributed by atoms with van der Waals surface area (Å²) in [6.45, 7) is 7.90. The predicted octanol–water partition coefficient (Wildman–Crippen LogP) is 2.05. The molecule has 3 nitrogen and oxygen atoms in total. The van der Waals surface area contributed by atoms with Gasteiger partial charge in [-0.15, -0.1) is 0 Å². The summed E-state index contributed by atoms with van der Waals surface area (Å²) in [5.74, 6) is 7.08. The van der Waals surface area contributed by atoms with Crippen molar-refractivity contribution in [2.75, 3.05) is 33.8 Å². The summed E-state index contributed by atoms with van der Waals surface area (Å²) in [7, 11) is 4.39. The zero-order chi connectivity index (χ0) is 16.1. The maximum atomic E-state index is 8.73. The highest BCUT2D eigenvalue weighted by Gasteiger charge is 2.35. The number of likely N-dealkylation sites (tertiary alicyclic amines) is 1. The topological polar surface area (TPSA) is 26.7 Å². The van der Waals surface area contributed by atoms with Crippen molar-refractivity contribution in [3.05, 3.63) is 35.4 Å². The molecule has 0 amide bonds. The van der Waals surface area contributed by atoms with E-state index in [0.717, 1.165) is 24.6 Å². The molecule has 1 fully saturated rings. The number of aliphatic hydroxyl groups excluding tert-OH is 1. The fourth-order valence-electron chi connectivity index (χ4n) is 3.32. The Bertz CT molecular complexity index is 509. The third-order valence-corrected chi connectivity index (χ3v) is 4.60. The molecule has 0 aliphatic carbocycles. The second-order valence-electron chi connectivity index (χ2n) is 6.79. The molecule has 1 heterocycles. The van der Waals surface area contributed by atoms with Gasteiger partial charge in [0, 0.05) is 31.2 Å². The highest BCUT2D eigenvalue weighted by atomic mass is 16.2. The van der Waals surface area contributed by atoms with Crippen LogP contribution in [0.15, 0.2) is 24.3 Å². The standard InChI is InChI=1S/C19H28N2O/c1-15(2)18-13-21(14-19(18)20(3)4)12-17-9-7-16(8-10-17)6-5-11-22/h7-10,15,18-19,22H,11-14H2,1-4H3/t18-,19+/m0/s1. The maximum Gasteiger partial charge on any atom is 0.104 e. The van der Waals surface area contributed by atoms with Crippen molar-refractivity contribution >= 4 is 0 Å². The van der Waals surface area contributed by atoms with Crippen LogP contribution < -0.4 is 0 Å². The summed E-state index contributed by atoms with van der Waals surface area (Å²) < 4.78 is 0. The smallest absolute Gasteiger partial charge is 0.104 e. The number of rotatable bonds is 4. The summed E-state index contributed by atoms with van der Waals surface area (Å²) in [5, 5.41) is 8.73. The van der Waals surface area contributed by atoms with E-state index in [0.29, 0.717) is 12.0 Å². The van der Waals surface area contributed by atoms with E-state index in [4.69, 9.17) is 5.11 Å². The van der Waals surface area contributed by atoms with Crippen LogP contribution in [0.3, 0.4) is 0 Å². The number of hydrogen-bond acceptors (Lipinski definition) is 3. The van der Waals surface area contributed by atoms with E-state index in [9.17, 15) is 0 Å². The molecule has 3 heteroatoms. The van der Waals surface area contributed by atoms with Gasteiger partial charge >= 0.3 is 0 Å². The Hall–Kier alpha value is -1.34. The predicted molar refractivity (Wildman–Crippen MR) is 91.5 cm³/mol. The molecule has 1 saturated heterocycles. The Morgan fingerprint density at radius 2 is 1.91 bits per heavy atom. The zero-order valence-corrected chi connectivity index (χ0v) is 14.2. The van der Waals surface area contributed by atoms with Crippen LogP contribution in [0, 0.1) is 23.7 Å². The van der Waals surface area contributed by atoms with Crippen LogP contribution in [0.2, 0.25) is 0 Å². The molecule has 1 N–H and O–H groups in total. The Morgan fingerprint density at radius 1 is 1.23 bits per heavy atom. The second kappa shape index (κ2) is 7.78. The van der Waals surface area contributed by atoms with Gasteiger partial charge in [-0.25, -0.2) is 0 Å². The summed E-state index contributed by atoms with van der Waals surface area (Å²) in [4.78, 5) is 4.93. The molecule has 22 heavy (non-hydrogen) atoms. The number of nitrogens with zero attached hydrogens (tertiary/aromatic N) is 2. The molecule has 1 aromatic rings. The van der Waals surface area contributed by atoms with Crippen LogP contribution in [0.5, 0.6) is 0 Å². The summed E-state index contributed by atoms with van der Waals surface area (Å²) in [6, 6.07) is 9.02. The minimum absolute atomic E-state index is 0.0853. The average molecular weight is 300 g/mol. The molecule has 1 aromatic carbocycles. The molecule has 0 radical (unpaired) electrons. The highest BCUT2D eigenvalue weighted by Crippen LogP contribution is 2.28. The lowest BCUT2D eigenvalue weighted by molar-refractivity contribution is 0.215. The monoisotopic (exact) mass is 300 g/mol. The van der Waals surface area contributed by atoms with E-state index in [1.165, 1.54) is 12.1 Å². The van der Waals surface area contributed by atoms with E-state index >= 15 is 0 Å². The quantitative estimate of drug-likeness (QED) is 0.862. The van der Waals surface area contributed by atoms with Crippen molar-refractivity contribution in [3.8, 4) is 11.8 Å². The number of hydrogen-bond donors (Lipinski definition) is 1. The largest absolute Gasteiger partial charge is 0.384 e. The Kier molecular flexibility index (Phi) is 6.02. The van der Waals surface area contributed by atoms with Gasteiger partial charge < -0.3 is 10.0 Å². The SMILES string of the molecule is CC(C)[C@@H]1CN(Cc2ccc(C#CCO)cc2)C[C@H]1N(C)C. The molecule has 0 aromatic heterocycles. The van der Waals surface area contributed by atoms with Gasteiger partial charge in [0.25, 0.3) is 0 Å². The molecular weight excluding hydrogens is 272 g/mol. The third kappa shape index (κ3) is 4.33. The Morgan fingerprint density at radius 3 is 2.41 bits per heavy atom. The van der Waals surface area contributed by atoms with E-state index in [2.05, 4.69) is 61.7 Å².